The molecule has 0 unspecified atom stereocenters. The molecule has 2 aromatic carbocycles. The average Bonchev–Trinajstić information content (AvgIpc) is 3.10. The Bertz CT molecular complexity index is 1010. The van der Waals surface area contributed by atoms with Crippen LogP contribution in [0.25, 0.3) is 0 Å². The second-order valence-electron chi connectivity index (χ2n) is 5.58. The van der Waals surface area contributed by atoms with E-state index in [0.717, 1.165) is 0 Å². The van der Waals surface area contributed by atoms with Crippen LogP contribution in [0.2, 0.25) is 5.02 Å². The summed E-state index contributed by atoms with van der Waals surface area (Å²) in [6, 6.07) is 15.5. The highest BCUT2D eigenvalue weighted by Crippen LogP contribution is 2.30. The second kappa shape index (κ2) is 9.12. The van der Waals surface area contributed by atoms with Gasteiger partial charge in [0.25, 0.3) is 0 Å². The number of hydrazone groups is 1. The van der Waals surface area contributed by atoms with E-state index in [1.807, 2.05) is 18.2 Å². The van der Waals surface area contributed by atoms with Crippen LogP contribution in [0.4, 0.5) is 21.3 Å². The first-order valence-electron chi connectivity index (χ1n) is 8.20. The fourth-order valence-electron chi connectivity index (χ4n) is 2.32. The number of nitrogens with zero attached hydrogens (tertiary/aromatic N) is 3. The zero-order valence-electron chi connectivity index (χ0n) is 14.8. The first kappa shape index (κ1) is 19.5. The summed E-state index contributed by atoms with van der Waals surface area (Å²) in [5, 5.41) is 9.25. The van der Waals surface area contributed by atoms with Gasteiger partial charge in [-0.3, -0.25) is 9.69 Å². The van der Waals surface area contributed by atoms with E-state index in [-0.39, 0.29) is 5.91 Å². The molecule has 0 atom stereocenters. The Morgan fingerprint density at radius 1 is 1.18 bits per heavy atom. The maximum atomic E-state index is 12.1. The van der Waals surface area contributed by atoms with E-state index in [1.165, 1.54) is 29.4 Å². The molecule has 0 spiro atoms. The van der Waals surface area contributed by atoms with Gasteiger partial charge in [0, 0.05) is 23.0 Å². The number of thiazole rings is 1. The predicted molar refractivity (Wildman–Crippen MR) is 113 cm³/mol. The smallest absolute Gasteiger partial charge is 0.307 e. The monoisotopic (exact) mass is 413 g/mol. The molecule has 28 heavy (non-hydrogen) atoms. The molecule has 9 heteroatoms. The molecule has 0 aliphatic heterocycles. The highest BCUT2D eigenvalue weighted by Gasteiger charge is 2.17. The van der Waals surface area contributed by atoms with Gasteiger partial charge in [0.1, 0.15) is 0 Å². The number of aromatic nitrogens is 1. The van der Waals surface area contributed by atoms with Crippen molar-refractivity contribution >= 4 is 57.6 Å². The van der Waals surface area contributed by atoms with Gasteiger partial charge in [-0.15, -0.1) is 11.3 Å². The van der Waals surface area contributed by atoms with E-state index in [9.17, 15) is 9.59 Å². The third kappa shape index (κ3) is 5.15. The maximum absolute atomic E-state index is 12.1. The van der Waals surface area contributed by atoms with Gasteiger partial charge in [0.15, 0.2) is 5.13 Å². The van der Waals surface area contributed by atoms with Crippen LogP contribution in [0.15, 0.2) is 65.1 Å². The van der Waals surface area contributed by atoms with Crippen LogP contribution >= 0.6 is 22.9 Å². The first-order valence-corrected chi connectivity index (χ1v) is 9.45. The van der Waals surface area contributed by atoms with Crippen molar-refractivity contribution in [2.75, 3.05) is 10.2 Å². The standard InChI is InChI=1S/C19H16ClN5O2S/c1-13(26)25(17-9-5-6-14(20)10-17)19-23-16(12-28-19)11-21-24-18(27)22-15-7-3-2-4-8-15/h2-12H,1H3,(H2,22,24,27)/b21-11-. The van der Waals surface area contributed by atoms with Gasteiger partial charge in [-0.1, -0.05) is 35.9 Å². The molecule has 3 aromatic rings. The number of amides is 3. The minimum atomic E-state index is -0.470. The average molecular weight is 414 g/mol. The van der Waals surface area contributed by atoms with E-state index >= 15 is 0 Å². The number of carbonyl (C=O) groups excluding carboxylic acids is 2. The Kier molecular flexibility index (Phi) is 6.36. The minimum absolute atomic E-state index is 0.194. The molecule has 3 rings (SSSR count). The van der Waals surface area contributed by atoms with Crippen molar-refractivity contribution in [2.24, 2.45) is 5.10 Å². The van der Waals surface area contributed by atoms with E-state index in [0.29, 0.717) is 27.2 Å². The van der Waals surface area contributed by atoms with Gasteiger partial charge in [-0.25, -0.2) is 15.2 Å². The number of carbonyl (C=O) groups is 2. The highest BCUT2D eigenvalue weighted by atomic mass is 35.5. The van der Waals surface area contributed by atoms with Gasteiger partial charge >= 0.3 is 6.03 Å². The molecule has 3 amide bonds. The first-order chi connectivity index (χ1) is 13.5. The Labute approximate surface area is 170 Å². The van der Waals surface area contributed by atoms with Gasteiger partial charge in [-0.05, 0) is 30.3 Å². The van der Waals surface area contributed by atoms with E-state index in [4.69, 9.17) is 11.6 Å². The fourth-order valence-corrected chi connectivity index (χ4v) is 3.34. The SMILES string of the molecule is CC(=O)N(c1cccc(Cl)c1)c1nc(/C=N\NC(=O)Nc2ccccc2)cs1. The Balaban J connectivity index is 1.66. The molecular formula is C19H16ClN5O2S. The molecule has 0 aliphatic carbocycles. The summed E-state index contributed by atoms with van der Waals surface area (Å²) in [6.07, 6.45) is 1.40. The zero-order chi connectivity index (χ0) is 19.9. The third-order valence-electron chi connectivity index (χ3n) is 3.48. The van der Waals surface area contributed by atoms with Crippen LogP contribution in [-0.4, -0.2) is 23.1 Å². The van der Waals surface area contributed by atoms with Crippen molar-refractivity contribution in [3.8, 4) is 0 Å². The number of rotatable bonds is 5. The summed E-state index contributed by atoms with van der Waals surface area (Å²) in [5.74, 6) is -0.194. The van der Waals surface area contributed by atoms with Crippen LogP contribution in [0, 0.1) is 0 Å². The van der Waals surface area contributed by atoms with Crippen LogP contribution in [0.5, 0.6) is 0 Å². The lowest BCUT2D eigenvalue weighted by molar-refractivity contribution is -0.115. The van der Waals surface area contributed by atoms with Gasteiger partial charge in [0.05, 0.1) is 17.6 Å². The minimum Gasteiger partial charge on any atom is -0.307 e. The second-order valence-corrected chi connectivity index (χ2v) is 6.85. The fraction of sp³-hybridized carbons (Fsp3) is 0.0526. The molecule has 0 saturated heterocycles. The number of benzene rings is 2. The largest absolute Gasteiger partial charge is 0.339 e. The number of nitrogens with one attached hydrogen (secondary N) is 2. The van der Waals surface area contributed by atoms with Crippen molar-refractivity contribution in [1.82, 2.24) is 10.4 Å². The molecule has 1 aromatic heterocycles. The van der Waals surface area contributed by atoms with Crippen LogP contribution in [0.1, 0.15) is 12.6 Å². The summed E-state index contributed by atoms with van der Waals surface area (Å²) in [7, 11) is 0. The summed E-state index contributed by atoms with van der Waals surface area (Å²) in [6.45, 7) is 1.45. The van der Waals surface area contributed by atoms with Crippen molar-refractivity contribution in [3.63, 3.8) is 0 Å². The summed E-state index contributed by atoms with van der Waals surface area (Å²) in [4.78, 5) is 29.7. The maximum Gasteiger partial charge on any atom is 0.339 e. The molecule has 0 bridgehead atoms. The molecular weight excluding hydrogens is 398 g/mol. The van der Waals surface area contributed by atoms with E-state index in [1.54, 1.807) is 41.8 Å². The molecule has 0 radical (unpaired) electrons. The molecule has 1 heterocycles. The summed E-state index contributed by atoms with van der Waals surface area (Å²) >= 11 is 7.30. The lowest BCUT2D eigenvalue weighted by Crippen LogP contribution is -2.24. The van der Waals surface area contributed by atoms with Gasteiger partial charge in [-0.2, -0.15) is 5.10 Å². The van der Waals surface area contributed by atoms with Gasteiger partial charge < -0.3 is 5.32 Å². The Morgan fingerprint density at radius 3 is 2.68 bits per heavy atom. The molecule has 142 valence electrons. The molecule has 7 nitrogen and oxygen atoms in total. The van der Waals surface area contributed by atoms with Gasteiger partial charge in [0.2, 0.25) is 5.91 Å². The third-order valence-corrected chi connectivity index (χ3v) is 4.56. The lowest BCUT2D eigenvalue weighted by Gasteiger charge is -2.18. The normalized spacial score (nSPS) is 10.6. The van der Waals surface area contributed by atoms with Crippen molar-refractivity contribution in [3.05, 3.63) is 70.7 Å². The Morgan fingerprint density at radius 2 is 1.96 bits per heavy atom. The molecule has 0 fully saturated rings. The topological polar surface area (TPSA) is 86.7 Å². The Hall–Kier alpha value is -3.23. The summed E-state index contributed by atoms with van der Waals surface area (Å²) in [5.41, 5.74) is 4.15. The van der Waals surface area contributed by atoms with Crippen molar-refractivity contribution in [2.45, 2.75) is 6.92 Å². The highest BCUT2D eigenvalue weighted by molar-refractivity contribution is 7.14. The van der Waals surface area contributed by atoms with E-state index in [2.05, 4.69) is 20.8 Å². The van der Waals surface area contributed by atoms with Crippen molar-refractivity contribution in [1.29, 1.82) is 0 Å². The van der Waals surface area contributed by atoms with Crippen LogP contribution in [0.3, 0.4) is 0 Å². The predicted octanol–water partition coefficient (Wildman–Crippen LogP) is 4.64. The van der Waals surface area contributed by atoms with Crippen LogP contribution < -0.4 is 15.6 Å². The number of para-hydroxylation sites is 1. The zero-order valence-corrected chi connectivity index (χ0v) is 16.4. The summed E-state index contributed by atoms with van der Waals surface area (Å²) < 4.78 is 0. The lowest BCUT2D eigenvalue weighted by atomic mass is 10.3. The number of urea groups is 1. The van der Waals surface area contributed by atoms with E-state index < -0.39 is 6.03 Å². The van der Waals surface area contributed by atoms with Crippen molar-refractivity contribution < 1.29 is 9.59 Å². The quantitative estimate of drug-likeness (QED) is 0.472. The molecule has 2 N–H and O–H groups in total. The number of hydrogen-bond donors (Lipinski definition) is 2. The molecule has 0 aliphatic rings. The number of halogens is 1. The van der Waals surface area contributed by atoms with Crippen LogP contribution in [-0.2, 0) is 4.79 Å². The molecule has 0 saturated carbocycles. The number of anilines is 3. The number of hydrogen-bond acceptors (Lipinski definition) is 5.